The van der Waals surface area contributed by atoms with Crippen molar-refractivity contribution in [2.24, 2.45) is 0 Å². The highest BCUT2D eigenvalue weighted by Crippen LogP contribution is 2.38. The van der Waals surface area contributed by atoms with Crippen molar-refractivity contribution in [3.05, 3.63) is 81.0 Å². The fourth-order valence-electron chi connectivity index (χ4n) is 3.33. The van der Waals surface area contributed by atoms with Gasteiger partial charge in [0.25, 0.3) is 11.4 Å². The number of rotatable bonds is 4. The van der Waals surface area contributed by atoms with Gasteiger partial charge in [-0.2, -0.15) is 4.74 Å². The van der Waals surface area contributed by atoms with E-state index in [0.29, 0.717) is 17.7 Å². The molecule has 7 nitrogen and oxygen atoms in total. The number of hydrogen-bond donors (Lipinski definition) is 1. The summed E-state index contributed by atoms with van der Waals surface area (Å²) in [5, 5.41) is 36.1. The van der Waals surface area contributed by atoms with Crippen LogP contribution in [0.4, 0.5) is 5.69 Å². The third kappa shape index (κ3) is 2.57. The van der Waals surface area contributed by atoms with Gasteiger partial charge < -0.3 is 10.4 Å². The zero-order valence-electron chi connectivity index (χ0n) is 14.0. The van der Waals surface area contributed by atoms with Crippen molar-refractivity contribution >= 4 is 11.4 Å². The lowest BCUT2D eigenvalue weighted by Gasteiger charge is -2.30. The van der Waals surface area contributed by atoms with Crippen LogP contribution >= 0.6 is 0 Å². The highest BCUT2D eigenvalue weighted by molar-refractivity contribution is 6.01. The van der Waals surface area contributed by atoms with Gasteiger partial charge >= 0.3 is 0 Å². The van der Waals surface area contributed by atoms with Gasteiger partial charge in [-0.05, 0) is 24.6 Å². The number of nitro benzene ring substituents is 1. The van der Waals surface area contributed by atoms with Crippen LogP contribution in [0, 0.1) is 15.3 Å². The van der Waals surface area contributed by atoms with Crippen molar-refractivity contribution in [2.45, 2.75) is 32.0 Å². The van der Waals surface area contributed by atoms with Crippen LogP contribution in [0.3, 0.4) is 0 Å². The van der Waals surface area contributed by atoms with E-state index in [0.717, 1.165) is 15.4 Å². The first-order valence-corrected chi connectivity index (χ1v) is 8.04. The van der Waals surface area contributed by atoms with Crippen LogP contribution in [-0.4, -0.2) is 31.7 Å². The van der Waals surface area contributed by atoms with E-state index in [1.807, 2.05) is 37.3 Å². The van der Waals surface area contributed by atoms with Gasteiger partial charge in [-0.1, -0.05) is 31.2 Å². The summed E-state index contributed by atoms with van der Waals surface area (Å²) in [6, 6.07) is 14.4. The molecular weight excluding hydrogens is 322 g/mol. The molecule has 2 atom stereocenters. The van der Waals surface area contributed by atoms with Crippen molar-refractivity contribution in [1.82, 2.24) is 5.06 Å². The summed E-state index contributed by atoms with van der Waals surface area (Å²) in [5.74, 6) is 0. The van der Waals surface area contributed by atoms with Gasteiger partial charge in [0.2, 0.25) is 5.71 Å². The Morgan fingerprint density at radius 3 is 2.52 bits per heavy atom. The maximum atomic E-state index is 13.2. The lowest BCUT2D eigenvalue weighted by Crippen LogP contribution is -2.46. The molecule has 130 valence electrons. The number of nitrogens with zero attached hydrogens (tertiary/aromatic N) is 3. The molecule has 0 aromatic heterocycles. The molecule has 0 aliphatic carbocycles. The number of hydrogen-bond acceptors (Lipinski definition) is 5. The van der Waals surface area contributed by atoms with Crippen LogP contribution < -0.4 is 0 Å². The van der Waals surface area contributed by atoms with Gasteiger partial charge in [0.15, 0.2) is 0 Å². The number of benzene rings is 2. The quantitative estimate of drug-likeness (QED) is 0.399. The summed E-state index contributed by atoms with van der Waals surface area (Å²) in [4.78, 5) is 10.6. The van der Waals surface area contributed by atoms with E-state index in [4.69, 9.17) is 0 Å². The first-order chi connectivity index (χ1) is 11.9. The molecule has 25 heavy (non-hydrogen) atoms. The van der Waals surface area contributed by atoms with Crippen LogP contribution in [0.25, 0.3) is 0 Å². The first kappa shape index (κ1) is 17.1. The Morgan fingerprint density at radius 1 is 1.24 bits per heavy atom. The van der Waals surface area contributed by atoms with Gasteiger partial charge in [0, 0.05) is 30.2 Å². The normalized spacial score (nSPS) is 23.9. The minimum atomic E-state index is -1.45. The second-order valence-corrected chi connectivity index (χ2v) is 6.14. The predicted octanol–water partition coefficient (Wildman–Crippen LogP) is 3.25. The second kappa shape index (κ2) is 6.27. The van der Waals surface area contributed by atoms with E-state index in [2.05, 4.69) is 0 Å². The van der Waals surface area contributed by atoms with Crippen molar-refractivity contribution in [3.8, 4) is 0 Å². The Bertz CT molecular complexity index is 837. The molecule has 2 aromatic carbocycles. The Morgan fingerprint density at radius 2 is 1.92 bits per heavy atom. The lowest BCUT2D eigenvalue weighted by molar-refractivity contribution is -0.595. The molecule has 3 rings (SSSR count). The molecule has 0 radical (unpaired) electrons. The van der Waals surface area contributed by atoms with Crippen molar-refractivity contribution in [1.29, 1.82) is 0 Å². The maximum absolute atomic E-state index is 13.2. The van der Waals surface area contributed by atoms with E-state index in [9.17, 15) is 20.5 Å². The number of hydroxylamine groups is 3. The summed E-state index contributed by atoms with van der Waals surface area (Å²) >= 11 is 0. The van der Waals surface area contributed by atoms with Crippen molar-refractivity contribution in [3.63, 3.8) is 0 Å². The van der Waals surface area contributed by atoms with Crippen molar-refractivity contribution in [2.75, 3.05) is 0 Å². The highest BCUT2D eigenvalue weighted by atomic mass is 16.6. The van der Waals surface area contributed by atoms with Gasteiger partial charge in [0.1, 0.15) is 6.04 Å². The molecule has 2 aromatic rings. The summed E-state index contributed by atoms with van der Waals surface area (Å²) < 4.78 is 0.759. The Kier molecular flexibility index (Phi) is 4.28. The maximum Gasteiger partial charge on any atom is 0.274 e. The fourth-order valence-corrected chi connectivity index (χ4v) is 3.33. The summed E-state index contributed by atoms with van der Waals surface area (Å²) in [6.45, 7) is 3.45. The first-order valence-electron chi connectivity index (χ1n) is 8.04. The molecule has 1 aliphatic rings. The molecule has 0 amide bonds. The van der Waals surface area contributed by atoms with Crippen LogP contribution in [0.2, 0.25) is 0 Å². The lowest BCUT2D eigenvalue weighted by atomic mass is 10.00. The topological polar surface area (TPSA) is 92.7 Å². The number of nitro groups is 1. The Labute approximate surface area is 145 Å². The third-order valence-electron chi connectivity index (χ3n) is 4.73. The molecule has 0 fully saturated rings. The van der Waals surface area contributed by atoms with Gasteiger partial charge in [-0.15, -0.1) is 5.06 Å². The van der Waals surface area contributed by atoms with E-state index in [1.54, 1.807) is 13.0 Å². The molecule has 1 aliphatic heterocycles. The standard InChI is InChI=1S/C18H19N3O4/c1-3-16-17(13-8-5-4-6-9-13)20(23)18(2,19(16)22)14-10-7-11-15(12-14)21(24)25/h4-12,16,22H,3H2,1-2H3/t16-,18-/m0/s1. The summed E-state index contributed by atoms with van der Waals surface area (Å²) in [5.41, 5.74) is -0.0415. The van der Waals surface area contributed by atoms with Crippen molar-refractivity contribution < 1.29 is 14.9 Å². The average Bonchev–Trinajstić information content (AvgIpc) is 2.84. The molecular formula is C18H19N3O4. The average molecular weight is 341 g/mol. The monoisotopic (exact) mass is 341 g/mol. The SMILES string of the molecule is CC[C@H]1C(c2ccccc2)=[N+]([O-])[C@@](C)(c2cccc([N+](=O)[O-])c2)N1O. The minimum absolute atomic E-state index is 0.123. The predicted molar refractivity (Wildman–Crippen MR) is 92.3 cm³/mol. The Balaban J connectivity index is 2.19. The molecule has 0 unspecified atom stereocenters. The largest absolute Gasteiger partial charge is 0.622 e. The van der Waals surface area contributed by atoms with Crippen LogP contribution in [0.5, 0.6) is 0 Å². The van der Waals surface area contributed by atoms with Crippen LogP contribution in [0.1, 0.15) is 31.4 Å². The van der Waals surface area contributed by atoms with E-state index in [1.165, 1.54) is 18.2 Å². The zero-order chi connectivity index (χ0) is 18.2. The fraction of sp³-hybridized carbons (Fsp3) is 0.278. The molecule has 1 heterocycles. The molecule has 7 heteroatoms. The third-order valence-corrected chi connectivity index (χ3v) is 4.73. The van der Waals surface area contributed by atoms with E-state index >= 15 is 0 Å². The van der Waals surface area contributed by atoms with Gasteiger partial charge in [-0.3, -0.25) is 10.1 Å². The van der Waals surface area contributed by atoms with Crippen LogP contribution in [-0.2, 0) is 5.66 Å². The van der Waals surface area contributed by atoms with Crippen LogP contribution in [0.15, 0.2) is 54.6 Å². The molecule has 0 saturated heterocycles. The van der Waals surface area contributed by atoms with E-state index < -0.39 is 16.6 Å². The summed E-state index contributed by atoms with van der Waals surface area (Å²) in [6.07, 6.45) is 0.518. The number of non-ortho nitro benzene ring substituents is 1. The molecule has 0 bridgehead atoms. The Hall–Kier alpha value is -2.77. The second-order valence-electron chi connectivity index (χ2n) is 6.14. The minimum Gasteiger partial charge on any atom is -0.622 e. The molecule has 1 N–H and O–H groups in total. The molecule has 0 spiro atoms. The summed E-state index contributed by atoms with van der Waals surface area (Å²) in [7, 11) is 0. The van der Waals surface area contributed by atoms with Gasteiger partial charge in [-0.25, -0.2) is 0 Å². The zero-order valence-corrected chi connectivity index (χ0v) is 14.0. The van der Waals surface area contributed by atoms with E-state index in [-0.39, 0.29) is 5.69 Å². The van der Waals surface area contributed by atoms with Gasteiger partial charge in [0.05, 0.1) is 4.92 Å². The molecule has 0 saturated carbocycles. The smallest absolute Gasteiger partial charge is 0.274 e. The highest BCUT2D eigenvalue weighted by Gasteiger charge is 2.55.